The largest absolute Gasteiger partial charge is 0.338 e. The Balaban J connectivity index is 1.94. The van der Waals surface area contributed by atoms with Crippen LogP contribution >= 0.6 is 11.6 Å². The number of aromatic nitrogens is 3. The SMILES string of the molecule is CC(C)c1noc(Cn2ccc3c(Cl)cccc32)n1. The second-order valence-corrected chi connectivity index (χ2v) is 5.22. The highest BCUT2D eigenvalue weighted by Gasteiger charge is 2.11. The molecule has 0 saturated carbocycles. The Morgan fingerprint density at radius 3 is 2.89 bits per heavy atom. The first-order valence-electron chi connectivity index (χ1n) is 6.21. The lowest BCUT2D eigenvalue weighted by molar-refractivity contribution is 0.366. The van der Waals surface area contributed by atoms with E-state index in [1.54, 1.807) is 0 Å². The van der Waals surface area contributed by atoms with Gasteiger partial charge in [-0.15, -0.1) is 0 Å². The van der Waals surface area contributed by atoms with Crippen molar-refractivity contribution in [2.45, 2.75) is 26.3 Å². The van der Waals surface area contributed by atoms with E-state index in [-0.39, 0.29) is 5.92 Å². The molecule has 1 aromatic carbocycles. The average molecular weight is 276 g/mol. The van der Waals surface area contributed by atoms with Crippen molar-refractivity contribution in [3.05, 3.63) is 47.2 Å². The van der Waals surface area contributed by atoms with Crippen molar-refractivity contribution in [3.8, 4) is 0 Å². The van der Waals surface area contributed by atoms with Crippen LogP contribution in [0.5, 0.6) is 0 Å². The zero-order valence-corrected chi connectivity index (χ0v) is 11.6. The molecule has 0 unspecified atom stereocenters. The summed E-state index contributed by atoms with van der Waals surface area (Å²) >= 11 is 6.15. The van der Waals surface area contributed by atoms with Crippen LogP contribution in [0.2, 0.25) is 5.02 Å². The summed E-state index contributed by atoms with van der Waals surface area (Å²) in [5.41, 5.74) is 1.07. The Morgan fingerprint density at radius 1 is 1.32 bits per heavy atom. The third kappa shape index (κ3) is 2.24. The van der Waals surface area contributed by atoms with E-state index in [0.717, 1.165) is 21.7 Å². The first-order chi connectivity index (χ1) is 9.15. The summed E-state index contributed by atoms with van der Waals surface area (Å²) in [6.45, 7) is 4.64. The van der Waals surface area contributed by atoms with Gasteiger partial charge in [0.1, 0.15) is 6.54 Å². The lowest BCUT2D eigenvalue weighted by Crippen LogP contribution is -1.98. The number of fused-ring (bicyclic) bond motifs is 1. The van der Waals surface area contributed by atoms with Crippen LogP contribution in [-0.2, 0) is 6.54 Å². The van der Waals surface area contributed by atoms with Gasteiger partial charge in [-0.3, -0.25) is 0 Å². The van der Waals surface area contributed by atoms with Crippen molar-refractivity contribution in [2.75, 3.05) is 0 Å². The van der Waals surface area contributed by atoms with E-state index in [2.05, 4.69) is 14.7 Å². The maximum absolute atomic E-state index is 6.15. The van der Waals surface area contributed by atoms with Crippen LogP contribution in [0.1, 0.15) is 31.5 Å². The lowest BCUT2D eigenvalue weighted by Gasteiger charge is -2.01. The molecular weight excluding hydrogens is 262 g/mol. The van der Waals surface area contributed by atoms with E-state index >= 15 is 0 Å². The molecule has 4 nitrogen and oxygen atoms in total. The Bertz CT molecular complexity index is 714. The fourth-order valence-electron chi connectivity index (χ4n) is 2.04. The number of benzene rings is 1. The molecule has 0 N–H and O–H groups in total. The number of rotatable bonds is 3. The van der Waals surface area contributed by atoms with Crippen molar-refractivity contribution in [1.82, 2.24) is 14.7 Å². The molecule has 0 spiro atoms. The average Bonchev–Trinajstić information content (AvgIpc) is 2.98. The minimum atomic E-state index is 0.272. The molecule has 0 bridgehead atoms. The van der Waals surface area contributed by atoms with Gasteiger partial charge in [-0.2, -0.15) is 4.98 Å². The molecule has 2 heterocycles. The zero-order valence-electron chi connectivity index (χ0n) is 10.8. The highest BCUT2D eigenvalue weighted by Crippen LogP contribution is 2.24. The van der Waals surface area contributed by atoms with Gasteiger partial charge in [-0.1, -0.05) is 36.7 Å². The third-order valence-electron chi connectivity index (χ3n) is 3.07. The summed E-state index contributed by atoms with van der Waals surface area (Å²) in [4.78, 5) is 4.38. The monoisotopic (exact) mass is 275 g/mol. The highest BCUT2D eigenvalue weighted by atomic mass is 35.5. The van der Waals surface area contributed by atoms with Gasteiger partial charge in [0.2, 0.25) is 5.89 Å². The van der Waals surface area contributed by atoms with Gasteiger partial charge in [-0.25, -0.2) is 0 Å². The quantitative estimate of drug-likeness (QED) is 0.729. The van der Waals surface area contributed by atoms with Gasteiger partial charge in [0.05, 0.1) is 0 Å². The first kappa shape index (κ1) is 12.2. The Hall–Kier alpha value is -1.81. The molecule has 0 aliphatic carbocycles. The summed E-state index contributed by atoms with van der Waals surface area (Å²) in [6, 6.07) is 7.85. The van der Waals surface area contributed by atoms with Crippen molar-refractivity contribution >= 4 is 22.5 Å². The van der Waals surface area contributed by atoms with E-state index in [1.807, 2.05) is 44.3 Å². The molecular formula is C14H14ClN3O. The normalized spacial score (nSPS) is 11.6. The predicted octanol–water partition coefficient (Wildman–Crippen LogP) is 3.85. The second-order valence-electron chi connectivity index (χ2n) is 4.82. The molecule has 0 aliphatic rings. The lowest BCUT2D eigenvalue weighted by atomic mass is 10.2. The van der Waals surface area contributed by atoms with Crippen LogP contribution < -0.4 is 0 Å². The molecule has 0 saturated heterocycles. The highest BCUT2D eigenvalue weighted by molar-refractivity contribution is 6.35. The van der Waals surface area contributed by atoms with Gasteiger partial charge >= 0.3 is 0 Å². The number of hydrogen-bond donors (Lipinski definition) is 0. The smallest absolute Gasteiger partial charge is 0.246 e. The van der Waals surface area contributed by atoms with Gasteiger partial charge < -0.3 is 9.09 Å². The fraction of sp³-hybridized carbons (Fsp3) is 0.286. The Labute approximate surface area is 116 Å². The summed E-state index contributed by atoms with van der Waals surface area (Å²) in [6.07, 6.45) is 1.98. The molecule has 5 heteroatoms. The molecule has 3 aromatic rings. The fourth-order valence-corrected chi connectivity index (χ4v) is 2.27. The van der Waals surface area contributed by atoms with Gasteiger partial charge in [0.25, 0.3) is 0 Å². The standard InChI is InChI=1S/C14H14ClN3O/c1-9(2)14-16-13(19-17-14)8-18-7-6-10-11(15)4-3-5-12(10)18/h3-7,9H,8H2,1-2H3. The Morgan fingerprint density at radius 2 is 2.16 bits per heavy atom. The molecule has 3 rings (SSSR count). The maximum atomic E-state index is 6.15. The van der Waals surface area contributed by atoms with Crippen molar-refractivity contribution < 1.29 is 4.52 Å². The molecule has 0 fully saturated rings. The van der Waals surface area contributed by atoms with Gasteiger partial charge in [-0.05, 0) is 18.2 Å². The van der Waals surface area contributed by atoms with Crippen LogP contribution in [0, 0.1) is 0 Å². The second kappa shape index (κ2) is 4.70. The molecule has 98 valence electrons. The molecule has 19 heavy (non-hydrogen) atoms. The summed E-state index contributed by atoms with van der Waals surface area (Å²) in [7, 11) is 0. The van der Waals surface area contributed by atoms with E-state index in [4.69, 9.17) is 16.1 Å². The number of halogens is 1. The molecule has 0 amide bonds. The van der Waals surface area contributed by atoms with Gasteiger partial charge in [0, 0.05) is 28.0 Å². The number of nitrogens with zero attached hydrogens (tertiary/aromatic N) is 3. The molecule has 0 aliphatic heterocycles. The van der Waals surface area contributed by atoms with E-state index in [1.165, 1.54) is 0 Å². The predicted molar refractivity (Wildman–Crippen MR) is 74.4 cm³/mol. The molecule has 2 aromatic heterocycles. The summed E-state index contributed by atoms with van der Waals surface area (Å²) in [5, 5.41) is 5.76. The van der Waals surface area contributed by atoms with E-state index in [0.29, 0.717) is 12.4 Å². The van der Waals surface area contributed by atoms with E-state index in [9.17, 15) is 0 Å². The van der Waals surface area contributed by atoms with Crippen LogP contribution in [0.4, 0.5) is 0 Å². The minimum absolute atomic E-state index is 0.272. The van der Waals surface area contributed by atoms with Crippen molar-refractivity contribution in [2.24, 2.45) is 0 Å². The maximum Gasteiger partial charge on any atom is 0.246 e. The van der Waals surface area contributed by atoms with Crippen LogP contribution in [0.25, 0.3) is 10.9 Å². The van der Waals surface area contributed by atoms with Gasteiger partial charge in [0.15, 0.2) is 5.82 Å². The third-order valence-corrected chi connectivity index (χ3v) is 3.40. The summed E-state index contributed by atoms with van der Waals surface area (Å²) < 4.78 is 7.32. The molecule has 0 atom stereocenters. The van der Waals surface area contributed by atoms with Crippen molar-refractivity contribution in [1.29, 1.82) is 0 Å². The zero-order chi connectivity index (χ0) is 13.4. The topological polar surface area (TPSA) is 43.9 Å². The van der Waals surface area contributed by atoms with Crippen molar-refractivity contribution in [3.63, 3.8) is 0 Å². The summed E-state index contributed by atoms with van der Waals surface area (Å²) in [5.74, 6) is 1.62. The molecule has 0 radical (unpaired) electrons. The van der Waals surface area contributed by atoms with Crippen LogP contribution in [0.3, 0.4) is 0 Å². The number of hydrogen-bond acceptors (Lipinski definition) is 3. The Kier molecular flexibility index (Phi) is 3.03. The van der Waals surface area contributed by atoms with Crippen LogP contribution in [0.15, 0.2) is 35.0 Å². The van der Waals surface area contributed by atoms with Crippen LogP contribution in [-0.4, -0.2) is 14.7 Å². The first-order valence-corrected chi connectivity index (χ1v) is 6.59. The minimum Gasteiger partial charge on any atom is -0.338 e. The van der Waals surface area contributed by atoms with E-state index < -0.39 is 0 Å².